The zero-order chi connectivity index (χ0) is 15.5. The van der Waals surface area contributed by atoms with Crippen LogP contribution >= 0.6 is 11.3 Å². The quantitative estimate of drug-likeness (QED) is 0.679. The van der Waals surface area contributed by atoms with Crippen molar-refractivity contribution in [2.75, 3.05) is 0 Å². The first-order chi connectivity index (χ1) is 10.7. The third-order valence-corrected chi connectivity index (χ3v) is 4.38. The van der Waals surface area contributed by atoms with Crippen molar-refractivity contribution in [1.82, 2.24) is 20.2 Å². The minimum Gasteiger partial charge on any atom is -0.291 e. The van der Waals surface area contributed by atoms with Crippen LogP contribution < -0.4 is 0 Å². The van der Waals surface area contributed by atoms with Gasteiger partial charge in [0.05, 0.1) is 4.88 Å². The molecular formula is C15H13FN4OS. The van der Waals surface area contributed by atoms with Gasteiger partial charge in [0.2, 0.25) is 5.82 Å². The molecule has 7 heteroatoms. The highest BCUT2D eigenvalue weighted by atomic mass is 32.1. The molecule has 0 unspecified atom stereocenters. The van der Waals surface area contributed by atoms with E-state index in [1.54, 1.807) is 12.1 Å². The fourth-order valence-electron chi connectivity index (χ4n) is 1.98. The van der Waals surface area contributed by atoms with Gasteiger partial charge in [-0.1, -0.05) is 19.1 Å². The van der Waals surface area contributed by atoms with E-state index in [0.29, 0.717) is 16.3 Å². The Morgan fingerprint density at radius 3 is 2.91 bits per heavy atom. The standard InChI is InChI=1S/C15H13FN4OS/c1-2-12-6-7-14(22-12)13(21)9-20-18-15(17-19-20)10-4-3-5-11(16)8-10/h3-8H,2,9H2,1H3. The fraction of sp³-hybridized carbons (Fsp3) is 0.200. The second kappa shape index (κ2) is 6.15. The van der Waals surface area contributed by atoms with Crippen molar-refractivity contribution in [2.24, 2.45) is 0 Å². The van der Waals surface area contributed by atoms with Crippen molar-refractivity contribution in [3.8, 4) is 11.4 Å². The Hall–Kier alpha value is -2.41. The number of nitrogens with zero attached hydrogens (tertiary/aromatic N) is 4. The van der Waals surface area contributed by atoms with Crippen molar-refractivity contribution in [3.05, 3.63) is 52.0 Å². The maximum Gasteiger partial charge on any atom is 0.205 e. The third-order valence-electron chi connectivity index (χ3n) is 3.11. The molecule has 0 aliphatic heterocycles. The lowest BCUT2D eigenvalue weighted by molar-refractivity contribution is 0.0965. The van der Waals surface area contributed by atoms with E-state index < -0.39 is 0 Å². The summed E-state index contributed by atoms with van der Waals surface area (Å²) >= 11 is 1.48. The van der Waals surface area contributed by atoms with Crippen LogP contribution in [-0.2, 0) is 13.0 Å². The molecule has 3 rings (SSSR count). The van der Waals surface area contributed by atoms with Crippen molar-refractivity contribution < 1.29 is 9.18 Å². The van der Waals surface area contributed by atoms with Gasteiger partial charge in [-0.25, -0.2) is 4.39 Å². The van der Waals surface area contributed by atoms with Crippen molar-refractivity contribution in [3.63, 3.8) is 0 Å². The highest BCUT2D eigenvalue weighted by Gasteiger charge is 2.13. The molecule has 0 fully saturated rings. The number of aromatic nitrogens is 4. The number of hydrogen-bond donors (Lipinski definition) is 0. The molecule has 0 aliphatic rings. The first-order valence-corrected chi connectivity index (χ1v) is 7.63. The molecule has 2 heterocycles. The van der Waals surface area contributed by atoms with E-state index in [9.17, 15) is 9.18 Å². The number of carbonyl (C=O) groups is 1. The first kappa shape index (κ1) is 14.5. The number of Topliss-reactive ketones (excluding diaryl/α,β-unsaturated/α-hetero) is 1. The number of benzene rings is 1. The van der Waals surface area contributed by atoms with Crippen LogP contribution in [0.5, 0.6) is 0 Å². The number of ketones is 1. The van der Waals surface area contributed by atoms with E-state index in [2.05, 4.69) is 15.4 Å². The van der Waals surface area contributed by atoms with E-state index in [1.807, 2.05) is 19.1 Å². The Balaban J connectivity index is 1.75. The van der Waals surface area contributed by atoms with E-state index in [4.69, 9.17) is 0 Å². The lowest BCUT2D eigenvalue weighted by Crippen LogP contribution is -2.12. The number of carbonyl (C=O) groups excluding carboxylic acids is 1. The van der Waals surface area contributed by atoms with Crippen LogP contribution in [0.25, 0.3) is 11.4 Å². The summed E-state index contributed by atoms with van der Waals surface area (Å²) in [7, 11) is 0. The van der Waals surface area contributed by atoms with Crippen molar-refractivity contribution in [2.45, 2.75) is 19.9 Å². The smallest absolute Gasteiger partial charge is 0.205 e. The lowest BCUT2D eigenvalue weighted by atomic mass is 10.2. The Morgan fingerprint density at radius 2 is 2.18 bits per heavy atom. The molecule has 2 aromatic heterocycles. The highest BCUT2D eigenvalue weighted by molar-refractivity contribution is 7.14. The van der Waals surface area contributed by atoms with E-state index in [-0.39, 0.29) is 18.1 Å². The van der Waals surface area contributed by atoms with Crippen LogP contribution in [0.15, 0.2) is 36.4 Å². The molecule has 0 spiro atoms. The van der Waals surface area contributed by atoms with Crippen LogP contribution in [0.1, 0.15) is 21.5 Å². The number of aryl methyl sites for hydroxylation is 1. The molecule has 0 saturated carbocycles. The maximum atomic E-state index is 13.2. The largest absolute Gasteiger partial charge is 0.291 e. The van der Waals surface area contributed by atoms with Gasteiger partial charge in [0.25, 0.3) is 0 Å². The number of halogens is 1. The van der Waals surface area contributed by atoms with Gasteiger partial charge in [-0.05, 0) is 35.9 Å². The van der Waals surface area contributed by atoms with Gasteiger partial charge < -0.3 is 0 Å². The normalized spacial score (nSPS) is 10.8. The number of thiophene rings is 1. The minimum atomic E-state index is -0.365. The van der Waals surface area contributed by atoms with Crippen LogP contribution in [0.4, 0.5) is 4.39 Å². The summed E-state index contributed by atoms with van der Waals surface area (Å²) in [5, 5.41) is 11.8. The predicted octanol–water partition coefficient (Wildman–Crippen LogP) is 2.99. The van der Waals surface area contributed by atoms with Gasteiger partial charge in [0, 0.05) is 10.4 Å². The zero-order valence-corrected chi connectivity index (χ0v) is 12.7. The minimum absolute atomic E-state index is 0.0198. The SMILES string of the molecule is CCc1ccc(C(=O)Cn2nnc(-c3cccc(F)c3)n2)s1. The van der Waals surface area contributed by atoms with E-state index in [0.717, 1.165) is 11.3 Å². The maximum absolute atomic E-state index is 13.2. The molecule has 0 saturated heterocycles. The van der Waals surface area contributed by atoms with Crippen molar-refractivity contribution >= 4 is 17.1 Å². The van der Waals surface area contributed by atoms with Gasteiger partial charge in [-0.3, -0.25) is 4.79 Å². The fourth-order valence-corrected chi connectivity index (χ4v) is 2.85. The molecule has 1 aromatic carbocycles. The highest BCUT2D eigenvalue weighted by Crippen LogP contribution is 2.18. The topological polar surface area (TPSA) is 60.7 Å². The summed E-state index contributed by atoms with van der Waals surface area (Å²) < 4.78 is 13.2. The van der Waals surface area contributed by atoms with E-state index in [1.165, 1.54) is 28.3 Å². The Kier molecular flexibility index (Phi) is 4.06. The summed E-state index contributed by atoms with van der Waals surface area (Å²) in [5.41, 5.74) is 0.531. The van der Waals surface area contributed by atoms with Crippen LogP contribution in [0.3, 0.4) is 0 Å². The molecule has 0 N–H and O–H groups in total. The monoisotopic (exact) mass is 316 g/mol. The number of rotatable bonds is 5. The first-order valence-electron chi connectivity index (χ1n) is 6.81. The summed E-state index contributed by atoms with van der Waals surface area (Å²) in [6, 6.07) is 9.71. The van der Waals surface area contributed by atoms with Gasteiger partial charge in [-0.15, -0.1) is 21.5 Å². The number of hydrogen-bond acceptors (Lipinski definition) is 5. The molecule has 0 amide bonds. The third kappa shape index (κ3) is 3.09. The second-order valence-electron chi connectivity index (χ2n) is 4.70. The van der Waals surface area contributed by atoms with Crippen molar-refractivity contribution in [1.29, 1.82) is 0 Å². The molecule has 22 heavy (non-hydrogen) atoms. The Bertz CT molecular complexity index is 811. The summed E-state index contributed by atoms with van der Waals surface area (Å²) in [5.74, 6) is -0.128. The average molecular weight is 316 g/mol. The summed E-state index contributed by atoms with van der Waals surface area (Å²) in [4.78, 5) is 15.2. The van der Waals surface area contributed by atoms with Gasteiger partial charge >= 0.3 is 0 Å². The molecule has 0 bridgehead atoms. The summed E-state index contributed by atoms with van der Waals surface area (Å²) in [6.07, 6.45) is 0.906. The molecule has 5 nitrogen and oxygen atoms in total. The molecule has 112 valence electrons. The zero-order valence-electron chi connectivity index (χ0n) is 11.9. The second-order valence-corrected chi connectivity index (χ2v) is 5.86. The predicted molar refractivity (Wildman–Crippen MR) is 81.2 cm³/mol. The molecule has 0 radical (unpaired) electrons. The molecule has 0 aliphatic carbocycles. The molecule has 0 atom stereocenters. The Morgan fingerprint density at radius 1 is 1.32 bits per heavy atom. The van der Waals surface area contributed by atoms with Crippen LogP contribution in [0, 0.1) is 5.82 Å². The Labute approximate surface area is 130 Å². The molecular weight excluding hydrogens is 303 g/mol. The summed E-state index contributed by atoms with van der Waals surface area (Å²) in [6.45, 7) is 2.07. The average Bonchev–Trinajstić information content (AvgIpc) is 3.16. The number of tetrazole rings is 1. The van der Waals surface area contributed by atoms with Gasteiger partial charge in [0.1, 0.15) is 12.4 Å². The van der Waals surface area contributed by atoms with Crippen LogP contribution in [0.2, 0.25) is 0 Å². The lowest BCUT2D eigenvalue weighted by Gasteiger charge is -1.96. The van der Waals surface area contributed by atoms with Gasteiger partial charge in [-0.2, -0.15) is 4.80 Å². The van der Waals surface area contributed by atoms with Crippen LogP contribution in [-0.4, -0.2) is 26.0 Å². The van der Waals surface area contributed by atoms with E-state index >= 15 is 0 Å². The van der Waals surface area contributed by atoms with Gasteiger partial charge in [0.15, 0.2) is 5.78 Å². The molecule has 3 aromatic rings.